The van der Waals surface area contributed by atoms with E-state index in [2.05, 4.69) is 0 Å². The summed E-state index contributed by atoms with van der Waals surface area (Å²) < 4.78 is 101. The fourth-order valence-corrected chi connectivity index (χ4v) is 2.54. The highest BCUT2D eigenvalue weighted by Crippen LogP contribution is 2.41. The summed E-state index contributed by atoms with van der Waals surface area (Å²) in [7, 11) is 0. The van der Waals surface area contributed by atoms with E-state index < -0.39 is 74.1 Å². The van der Waals surface area contributed by atoms with Gasteiger partial charge in [0, 0.05) is 5.56 Å². The van der Waals surface area contributed by atoms with E-state index in [1.807, 2.05) is 0 Å². The molecule has 2 aromatic carbocycles. The second-order valence-corrected chi connectivity index (χ2v) is 5.28. The number of hydrogen-bond donors (Lipinski definition) is 0. The Bertz CT molecular complexity index is 972. The van der Waals surface area contributed by atoms with Crippen molar-refractivity contribution in [2.45, 2.75) is 19.8 Å². The predicted octanol–water partition coefficient (Wildman–Crippen LogP) is 5.68. The van der Waals surface area contributed by atoms with Gasteiger partial charge in [0.15, 0.2) is 34.7 Å². The van der Waals surface area contributed by atoms with Crippen LogP contribution >= 0.6 is 0 Å². The van der Waals surface area contributed by atoms with Crippen molar-refractivity contribution in [3.8, 4) is 0 Å². The van der Waals surface area contributed by atoms with Gasteiger partial charge in [0.25, 0.3) is 0 Å². The molecular formula is C15H7F7O. The van der Waals surface area contributed by atoms with Crippen molar-refractivity contribution in [3.63, 3.8) is 0 Å². The molecule has 1 aromatic heterocycles. The summed E-state index contributed by atoms with van der Waals surface area (Å²) in [5.74, 6) is -14.4. The maximum atomic E-state index is 14.0. The molecule has 0 atom stereocenters. The molecule has 0 unspecified atom stereocenters. The zero-order valence-corrected chi connectivity index (χ0v) is 11.6. The quantitative estimate of drug-likeness (QED) is 0.316. The van der Waals surface area contributed by atoms with Gasteiger partial charge in [-0.15, -0.1) is 0 Å². The Labute approximate surface area is 124 Å². The molecule has 0 aliphatic heterocycles. The van der Waals surface area contributed by atoms with E-state index in [0.717, 1.165) is 0 Å². The van der Waals surface area contributed by atoms with Crippen LogP contribution in [-0.4, -0.2) is 0 Å². The minimum absolute atomic E-state index is 0.491. The largest absolute Gasteiger partial charge is 0.452 e. The van der Waals surface area contributed by atoms with Gasteiger partial charge in [-0.05, 0) is 5.92 Å². The van der Waals surface area contributed by atoms with Gasteiger partial charge in [0.2, 0.25) is 11.6 Å². The molecule has 0 saturated carbocycles. The van der Waals surface area contributed by atoms with E-state index in [9.17, 15) is 30.7 Å². The van der Waals surface area contributed by atoms with Crippen LogP contribution in [0.3, 0.4) is 0 Å². The summed E-state index contributed by atoms with van der Waals surface area (Å²) in [6.07, 6.45) is 0. The summed E-state index contributed by atoms with van der Waals surface area (Å²) in [5.41, 5.74) is -2.34. The number of benzene rings is 2. The Morgan fingerprint density at radius 2 is 1.00 bits per heavy atom. The number of furan rings is 1. The van der Waals surface area contributed by atoms with Gasteiger partial charge in [0.05, 0.1) is 10.8 Å². The Morgan fingerprint density at radius 1 is 0.565 bits per heavy atom. The molecule has 0 fully saturated rings. The Hall–Kier alpha value is -2.25. The van der Waals surface area contributed by atoms with E-state index in [0.29, 0.717) is 0 Å². The van der Waals surface area contributed by atoms with Gasteiger partial charge >= 0.3 is 0 Å². The van der Waals surface area contributed by atoms with E-state index in [-0.39, 0.29) is 0 Å². The Balaban J connectivity index is 2.72. The lowest BCUT2D eigenvalue weighted by atomic mass is 9.98. The Morgan fingerprint density at radius 3 is 1.52 bits per heavy atom. The second-order valence-electron chi connectivity index (χ2n) is 5.28. The highest BCUT2D eigenvalue weighted by Gasteiger charge is 2.32. The van der Waals surface area contributed by atoms with Gasteiger partial charge in [-0.3, -0.25) is 0 Å². The molecule has 0 aliphatic carbocycles. The van der Waals surface area contributed by atoms with E-state index in [1.54, 1.807) is 0 Å². The molecule has 0 spiro atoms. The number of rotatable bonds is 1. The van der Waals surface area contributed by atoms with Crippen LogP contribution in [0.1, 0.15) is 25.3 Å². The first-order valence-corrected chi connectivity index (χ1v) is 6.42. The van der Waals surface area contributed by atoms with Crippen LogP contribution in [0.5, 0.6) is 0 Å². The summed E-state index contributed by atoms with van der Waals surface area (Å²) in [4.78, 5) is 0. The molecule has 8 heteroatoms. The van der Waals surface area contributed by atoms with Crippen LogP contribution in [0.2, 0.25) is 0 Å². The molecule has 122 valence electrons. The molecule has 0 radical (unpaired) electrons. The monoisotopic (exact) mass is 336 g/mol. The van der Waals surface area contributed by atoms with Gasteiger partial charge in [-0.1, -0.05) is 13.8 Å². The van der Waals surface area contributed by atoms with Crippen LogP contribution in [0.4, 0.5) is 30.7 Å². The van der Waals surface area contributed by atoms with E-state index in [4.69, 9.17) is 4.42 Å². The predicted molar refractivity (Wildman–Crippen MR) is 67.5 cm³/mol. The van der Waals surface area contributed by atoms with Gasteiger partial charge < -0.3 is 4.42 Å². The first-order valence-electron chi connectivity index (χ1n) is 6.42. The summed E-state index contributed by atoms with van der Waals surface area (Å²) in [6.45, 7) is 2.80. The molecule has 0 aliphatic rings. The van der Waals surface area contributed by atoms with Crippen molar-refractivity contribution in [2.75, 3.05) is 0 Å². The lowest BCUT2D eigenvalue weighted by molar-refractivity contribution is 0.411. The van der Waals surface area contributed by atoms with Crippen molar-refractivity contribution in [2.24, 2.45) is 0 Å². The highest BCUT2D eigenvalue weighted by molar-refractivity contribution is 6.07. The number of fused-ring (bicyclic) bond motifs is 3. The normalized spacial score (nSPS) is 12.1. The highest BCUT2D eigenvalue weighted by atomic mass is 19.2. The zero-order chi connectivity index (χ0) is 17.2. The van der Waals surface area contributed by atoms with E-state index >= 15 is 0 Å². The second kappa shape index (κ2) is 4.87. The molecule has 3 rings (SSSR count). The van der Waals surface area contributed by atoms with Gasteiger partial charge in [0.1, 0.15) is 5.58 Å². The van der Waals surface area contributed by atoms with Crippen LogP contribution in [0.25, 0.3) is 21.9 Å². The molecule has 0 saturated heterocycles. The molecule has 0 amide bonds. The molecule has 0 N–H and O–H groups in total. The third-order valence-electron chi connectivity index (χ3n) is 3.57. The minimum atomic E-state index is -2.20. The lowest BCUT2D eigenvalue weighted by Gasteiger charge is -2.09. The van der Waals surface area contributed by atoms with Crippen LogP contribution in [-0.2, 0) is 0 Å². The molecule has 1 heterocycles. The fourth-order valence-electron chi connectivity index (χ4n) is 2.54. The third kappa shape index (κ3) is 1.87. The summed E-state index contributed by atoms with van der Waals surface area (Å²) >= 11 is 0. The fraction of sp³-hybridized carbons (Fsp3) is 0.200. The average Bonchev–Trinajstić information content (AvgIpc) is 2.88. The summed E-state index contributed by atoms with van der Waals surface area (Å²) in [5, 5.41) is -2.09. The molecule has 1 nitrogen and oxygen atoms in total. The Kier molecular flexibility index (Phi) is 3.31. The number of hydrogen-bond acceptors (Lipinski definition) is 1. The van der Waals surface area contributed by atoms with Crippen LogP contribution in [0.15, 0.2) is 4.42 Å². The van der Waals surface area contributed by atoms with Crippen LogP contribution < -0.4 is 0 Å². The average molecular weight is 336 g/mol. The SMILES string of the molecule is CC(C)c1c(F)c(F)c(F)c2c1oc1c(F)c(F)c(F)c(F)c12. The van der Waals surface area contributed by atoms with Crippen molar-refractivity contribution >= 4 is 21.9 Å². The molecular weight excluding hydrogens is 329 g/mol. The minimum Gasteiger partial charge on any atom is -0.452 e. The zero-order valence-electron chi connectivity index (χ0n) is 11.6. The van der Waals surface area contributed by atoms with Crippen LogP contribution in [0, 0.1) is 40.7 Å². The van der Waals surface area contributed by atoms with Crippen molar-refractivity contribution in [3.05, 3.63) is 46.3 Å². The first-order chi connectivity index (χ1) is 10.7. The topological polar surface area (TPSA) is 13.1 Å². The van der Waals surface area contributed by atoms with Gasteiger partial charge in [-0.2, -0.15) is 4.39 Å². The summed E-state index contributed by atoms with van der Waals surface area (Å²) in [6, 6.07) is 0. The molecule has 3 aromatic rings. The van der Waals surface area contributed by atoms with Gasteiger partial charge in [-0.25, -0.2) is 26.3 Å². The number of halogens is 7. The van der Waals surface area contributed by atoms with Crippen molar-refractivity contribution in [1.29, 1.82) is 0 Å². The maximum Gasteiger partial charge on any atom is 0.205 e. The lowest BCUT2D eigenvalue weighted by Crippen LogP contribution is -2.01. The van der Waals surface area contributed by atoms with E-state index in [1.165, 1.54) is 13.8 Å². The van der Waals surface area contributed by atoms with Crippen molar-refractivity contribution < 1.29 is 35.2 Å². The standard InChI is InChI=1S/C15H7F7O/c1-3(2)4-7(16)10(19)8(17)5-6-9(18)11(20)12(21)13(22)15(6)23-14(4)5/h3H,1-2H3. The molecule has 23 heavy (non-hydrogen) atoms. The first kappa shape index (κ1) is 15.6. The van der Waals surface area contributed by atoms with Crippen molar-refractivity contribution in [1.82, 2.24) is 0 Å². The third-order valence-corrected chi connectivity index (χ3v) is 3.57. The maximum absolute atomic E-state index is 14.0. The molecule has 0 bridgehead atoms. The smallest absolute Gasteiger partial charge is 0.205 e.